The third kappa shape index (κ3) is 9.12. The van der Waals surface area contributed by atoms with Crippen molar-refractivity contribution in [1.82, 2.24) is 0 Å². The van der Waals surface area contributed by atoms with Gasteiger partial charge in [0.25, 0.3) is 0 Å². The lowest BCUT2D eigenvalue weighted by molar-refractivity contribution is 0.431. The Balaban J connectivity index is 0.846. The van der Waals surface area contributed by atoms with Gasteiger partial charge >= 0.3 is 0 Å². The minimum Gasteiger partial charge on any atom is -0.304 e. The highest BCUT2D eigenvalue weighted by Crippen LogP contribution is 2.61. The summed E-state index contributed by atoms with van der Waals surface area (Å²) in [4.78, 5) is 1.05. The van der Waals surface area contributed by atoms with Crippen LogP contribution in [0.15, 0.2) is 315 Å². The van der Waals surface area contributed by atoms with Crippen molar-refractivity contribution >= 4 is 17.1 Å². The number of fused-ring (bicyclic) bond motifs is 4. The van der Waals surface area contributed by atoms with Crippen LogP contribution in [-0.2, 0) is 10.8 Å². The molecule has 1 nitrogen and oxygen atoms in total. The molecule has 16 rings (SSSR count). The average molecular weight is 1260 g/mol. The SMILES string of the molecule is Fc1c(F)c(C2c3ccccc3C(c3ccc(-c4ccccc4)cc3)(c3ccc(-c4ccccc4)cc3)c3ccccc32)c(F)c(F)c1-c1c(F)c(F)c(N2c3ccccc3C(c3ccc(-c4ccccc4)cc3)(c3ccc(-c4ccccc4)cc3)c3ccccc32)c(F)c1F. The molecule has 0 radical (unpaired) electrons. The summed E-state index contributed by atoms with van der Waals surface area (Å²) < 4.78 is 142. The highest BCUT2D eigenvalue weighted by Gasteiger charge is 2.51. The molecule has 0 aromatic heterocycles. The first kappa shape index (κ1) is 59.3. The highest BCUT2D eigenvalue weighted by molar-refractivity contribution is 5.91. The highest BCUT2D eigenvalue weighted by atomic mass is 19.2. The Kier molecular flexibility index (Phi) is 14.7. The molecular formula is C87H53F8N. The standard InChI is InChI=1S/C87H53F8N/c88-77-74(73-65-29-13-15-31-67(65)86(68-32-16-14-30-66(68)73,61-45-37-57(38-46-61)53-21-5-1-6-22-53)62-47-39-58(40-48-62)54-23-7-2-8-24-54)78(89)80(91)75(79(77)90)76-81(92)83(94)85(84(95)82(76)93)96-71-35-19-17-33-69(71)87(70-34-18-20-36-72(70)96,63-49-41-59(42-50-63)55-25-9-3-10-26-55)64-51-43-60(44-52-64)56-27-11-4-12-28-56/h1-52,73H. The minimum atomic E-state index is -2.29. The molecule has 0 bridgehead atoms. The van der Waals surface area contributed by atoms with Crippen LogP contribution in [0, 0.1) is 46.5 Å². The number of halogens is 8. The molecule has 1 aliphatic carbocycles. The van der Waals surface area contributed by atoms with Gasteiger partial charge in [-0.15, -0.1) is 0 Å². The minimum absolute atomic E-state index is 0.101. The van der Waals surface area contributed by atoms with E-state index >= 15 is 35.1 Å². The van der Waals surface area contributed by atoms with E-state index in [1.165, 1.54) is 0 Å². The van der Waals surface area contributed by atoms with Crippen LogP contribution >= 0.6 is 0 Å². The van der Waals surface area contributed by atoms with Gasteiger partial charge in [-0.05, 0) is 112 Å². The Bertz CT molecular complexity index is 4640. The Morgan fingerprint density at radius 1 is 0.219 bits per heavy atom. The summed E-state index contributed by atoms with van der Waals surface area (Å²) in [6, 6.07) is 98.3. The second-order valence-electron chi connectivity index (χ2n) is 24.3. The van der Waals surface area contributed by atoms with Gasteiger partial charge in [0.05, 0.1) is 33.3 Å². The molecule has 9 heteroatoms. The van der Waals surface area contributed by atoms with Crippen LogP contribution in [0.1, 0.15) is 67.1 Å². The van der Waals surface area contributed by atoms with Gasteiger partial charge in [-0.2, -0.15) is 0 Å². The van der Waals surface area contributed by atoms with Crippen molar-refractivity contribution in [2.75, 3.05) is 4.90 Å². The van der Waals surface area contributed by atoms with E-state index in [0.29, 0.717) is 22.3 Å². The van der Waals surface area contributed by atoms with Gasteiger partial charge in [0, 0.05) is 11.5 Å². The molecule has 0 saturated heterocycles. The third-order valence-electron chi connectivity index (χ3n) is 19.4. The van der Waals surface area contributed by atoms with E-state index < -0.39 is 85.7 Å². The predicted octanol–water partition coefficient (Wildman–Crippen LogP) is 23.2. The van der Waals surface area contributed by atoms with Crippen molar-refractivity contribution < 1.29 is 35.1 Å². The first-order valence-corrected chi connectivity index (χ1v) is 31.5. The van der Waals surface area contributed by atoms with E-state index in [2.05, 4.69) is 0 Å². The quantitative estimate of drug-likeness (QED) is 0.0922. The van der Waals surface area contributed by atoms with E-state index in [0.717, 1.165) is 71.7 Å². The van der Waals surface area contributed by atoms with Crippen LogP contribution in [0.3, 0.4) is 0 Å². The number of hydrogen-bond acceptors (Lipinski definition) is 1. The molecule has 96 heavy (non-hydrogen) atoms. The number of hydrogen-bond donors (Lipinski definition) is 0. The largest absolute Gasteiger partial charge is 0.304 e. The van der Waals surface area contributed by atoms with Gasteiger partial charge < -0.3 is 4.90 Å². The van der Waals surface area contributed by atoms with E-state index in [4.69, 9.17) is 0 Å². The van der Waals surface area contributed by atoms with E-state index in [1.807, 2.05) is 231 Å². The summed E-state index contributed by atoms with van der Waals surface area (Å²) in [6.45, 7) is 0. The van der Waals surface area contributed by atoms with Crippen LogP contribution in [0.25, 0.3) is 55.6 Å². The summed E-state index contributed by atoms with van der Waals surface area (Å²) in [5.74, 6) is -18.9. The topological polar surface area (TPSA) is 3.24 Å². The van der Waals surface area contributed by atoms with E-state index in [9.17, 15) is 0 Å². The monoisotopic (exact) mass is 1260 g/mol. The van der Waals surface area contributed by atoms with Gasteiger partial charge in [-0.1, -0.05) is 303 Å². The number of nitrogens with zero attached hydrogens (tertiary/aromatic N) is 1. The molecule has 2 aliphatic rings. The van der Waals surface area contributed by atoms with Gasteiger partial charge in [0.15, 0.2) is 46.5 Å². The third-order valence-corrected chi connectivity index (χ3v) is 19.4. The number of para-hydroxylation sites is 2. The maximum atomic E-state index is 17.9. The molecule has 0 saturated carbocycles. The molecule has 0 atom stereocenters. The second-order valence-corrected chi connectivity index (χ2v) is 24.3. The molecule has 0 amide bonds. The van der Waals surface area contributed by atoms with E-state index in [-0.39, 0.29) is 22.5 Å². The van der Waals surface area contributed by atoms with Gasteiger partial charge in [-0.25, -0.2) is 35.1 Å². The fourth-order valence-electron chi connectivity index (χ4n) is 15.2. The van der Waals surface area contributed by atoms with Crippen LogP contribution in [0.4, 0.5) is 52.2 Å². The number of rotatable bonds is 11. The van der Waals surface area contributed by atoms with Crippen LogP contribution in [-0.4, -0.2) is 0 Å². The molecule has 0 N–H and O–H groups in total. The Morgan fingerprint density at radius 2 is 0.458 bits per heavy atom. The molecule has 0 unspecified atom stereocenters. The van der Waals surface area contributed by atoms with Crippen LogP contribution in [0.5, 0.6) is 0 Å². The number of anilines is 3. The molecular weight excluding hydrogens is 1210 g/mol. The lowest BCUT2D eigenvalue weighted by Crippen LogP contribution is -2.38. The van der Waals surface area contributed by atoms with Gasteiger partial charge in [-0.3, -0.25) is 0 Å². The molecule has 0 fully saturated rings. The fraction of sp³-hybridized carbons (Fsp3) is 0.0345. The van der Waals surface area contributed by atoms with Crippen molar-refractivity contribution in [3.05, 3.63) is 423 Å². The van der Waals surface area contributed by atoms with Crippen molar-refractivity contribution in [3.8, 4) is 55.6 Å². The molecule has 1 aliphatic heterocycles. The van der Waals surface area contributed by atoms with E-state index in [1.54, 1.807) is 84.9 Å². The summed E-state index contributed by atoms with van der Waals surface area (Å²) in [7, 11) is 0. The summed E-state index contributed by atoms with van der Waals surface area (Å²) >= 11 is 0. The maximum absolute atomic E-state index is 17.9. The lowest BCUT2D eigenvalue weighted by Gasteiger charge is -2.46. The van der Waals surface area contributed by atoms with Gasteiger partial charge in [0.2, 0.25) is 0 Å². The summed E-state index contributed by atoms with van der Waals surface area (Å²) in [5.41, 5.74) is 4.40. The van der Waals surface area contributed by atoms with Gasteiger partial charge in [0.1, 0.15) is 5.69 Å². The smallest absolute Gasteiger partial charge is 0.186 e. The summed E-state index contributed by atoms with van der Waals surface area (Å²) in [5, 5.41) is 0. The Morgan fingerprint density at radius 3 is 0.771 bits per heavy atom. The normalized spacial score (nSPS) is 13.5. The Labute approximate surface area is 549 Å². The maximum Gasteiger partial charge on any atom is 0.186 e. The molecule has 14 aromatic rings. The zero-order valence-electron chi connectivity index (χ0n) is 51.1. The predicted molar refractivity (Wildman–Crippen MR) is 366 cm³/mol. The summed E-state index contributed by atoms with van der Waals surface area (Å²) in [6.07, 6.45) is 0. The zero-order chi connectivity index (χ0) is 65.4. The second kappa shape index (κ2) is 23.7. The van der Waals surface area contributed by atoms with Crippen molar-refractivity contribution in [2.24, 2.45) is 0 Å². The van der Waals surface area contributed by atoms with Crippen LogP contribution < -0.4 is 4.90 Å². The zero-order valence-corrected chi connectivity index (χ0v) is 51.1. The fourth-order valence-corrected chi connectivity index (χ4v) is 15.2. The molecule has 1 heterocycles. The Hall–Kier alpha value is -11.7. The van der Waals surface area contributed by atoms with Crippen molar-refractivity contribution in [1.29, 1.82) is 0 Å². The van der Waals surface area contributed by atoms with Crippen molar-refractivity contribution in [3.63, 3.8) is 0 Å². The molecule has 462 valence electrons. The average Bonchev–Trinajstić information content (AvgIpc) is 0.698. The first-order valence-electron chi connectivity index (χ1n) is 31.5. The molecule has 0 spiro atoms. The molecule has 14 aromatic carbocycles. The van der Waals surface area contributed by atoms with Crippen LogP contribution in [0.2, 0.25) is 0 Å². The lowest BCUT2D eigenvalue weighted by atomic mass is 9.56. The first-order chi connectivity index (χ1) is 47.0. The van der Waals surface area contributed by atoms with Crippen molar-refractivity contribution in [2.45, 2.75) is 16.7 Å². The number of benzene rings is 14.